The van der Waals surface area contributed by atoms with Crippen LogP contribution in [0.3, 0.4) is 0 Å². The van der Waals surface area contributed by atoms with Crippen molar-refractivity contribution in [3.05, 3.63) is 0 Å². The molecular weight excluding hydrogens is 388 g/mol. The number of alkyl carbamates (subject to hydrolysis) is 1. The van der Waals surface area contributed by atoms with Crippen LogP contribution in [0.2, 0.25) is 0 Å². The highest BCUT2D eigenvalue weighted by Crippen LogP contribution is 2.08. The molecule has 13 nitrogen and oxygen atoms in total. The normalized spacial score (nSPS) is 14.2. The first-order valence-electron chi connectivity index (χ1n) is 8.79. The number of nitrogens with zero attached hydrogens (tertiary/aromatic N) is 2. The zero-order valence-electron chi connectivity index (χ0n) is 16.7. The van der Waals surface area contributed by atoms with Crippen LogP contribution in [0.25, 0.3) is 0 Å². The Labute approximate surface area is 167 Å². The average molecular weight is 414 g/mol. The average Bonchev–Trinajstić information content (AvgIpc) is 2.64. The summed E-state index contributed by atoms with van der Waals surface area (Å²) in [5, 5.41) is 21.3. The van der Waals surface area contributed by atoms with Crippen molar-refractivity contribution in [2.24, 2.45) is 10.2 Å². The van der Waals surface area contributed by atoms with Gasteiger partial charge in [-0.1, -0.05) is 0 Å². The fraction of sp³-hybridized carbons (Fsp3) is 0.625. The van der Waals surface area contributed by atoms with Gasteiger partial charge < -0.3 is 25.2 Å². The SMILES string of the molecule is COC(=O)C1=NNC(C(=O)NCCCCC(NC(=O)OC(C)(C)C)C(=O)O)=NN1. The molecule has 0 aromatic heterocycles. The van der Waals surface area contributed by atoms with Crippen molar-refractivity contribution in [2.45, 2.75) is 51.7 Å². The van der Waals surface area contributed by atoms with Gasteiger partial charge in [0.15, 0.2) is 0 Å². The Morgan fingerprint density at radius 3 is 2.24 bits per heavy atom. The van der Waals surface area contributed by atoms with Crippen LogP contribution >= 0.6 is 0 Å². The van der Waals surface area contributed by atoms with Crippen LogP contribution in [0.5, 0.6) is 0 Å². The Morgan fingerprint density at radius 2 is 1.72 bits per heavy atom. The number of esters is 1. The summed E-state index contributed by atoms with van der Waals surface area (Å²) in [6.07, 6.45) is 0.246. The number of ether oxygens (including phenoxy) is 2. The van der Waals surface area contributed by atoms with E-state index in [-0.39, 0.29) is 24.6 Å². The topological polar surface area (TPSA) is 180 Å². The molecule has 0 aromatic carbocycles. The van der Waals surface area contributed by atoms with Gasteiger partial charge in [-0.15, -0.1) is 10.2 Å². The second-order valence-corrected chi connectivity index (χ2v) is 6.92. The fourth-order valence-electron chi connectivity index (χ4n) is 2.02. The molecule has 0 saturated heterocycles. The van der Waals surface area contributed by atoms with Crippen molar-refractivity contribution in [1.82, 2.24) is 21.5 Å². The summed E-state index contributed by atoms with van der Waals surface area (Å²) >= 11 is 0. The van der Waals surface area contributed by atoms with Gasteiger partial charge in [0.2, 0.25) is 5.84 Å². The number of hydrogen-bond donors (Lipinski definition) is 5. The zero-order valence-corrected chi connectivity index (χ0v) is 16.7. The predicted octanol–water partition coefficient (Wildman–Crippen LogP) is -0.756. The Morgan fingerprint density at radius 1 is 1.10 bits per heavy atom. The zero-order chi connectivity index (χ0) is 22.0. The van der Waals surface area contributed by atoms with Crippen molar-refractivity contribution in [3.63, 3.8) is 0 Å². The van der Waals surface area contributed by atoms with Gasteiger partial charge in [0.25, 0.3) is 11.7 Å². The van der Waals surface area contributed by atoms with Crippen LogP contribution in [-0.4, -0.2) is 66.0 Å². The maximum Gasteiger partial charge on any atom is 0.408 e. The lowest BCUT2D eigenvalue weighted by molar-refractivity contribution is -0.139. The monoisotopic (exact) mass is 414 g/mol. The van der Waals surface area contributed by atoms with E-state index in [1.54, 1.807) is 20.8 Å². The van der Waals surface area contributed by atoms with E-state index < -0.39 is 35.6 Å². The van der Waals surface area contributed by atoms with E-state index in [2.05, 4.69) is 36.4 Å². The maximum absolute atomic E-state index is 11.9. The Hall–Kier alpha value is -3.38. The van der Waals surface area contributed by atoms with E-state index in [0.717, 1.165) is 0 Å². The van der Waals surface area contributed by atoms with Crippen LogP contribution in [0.15, 0.2) is 10.2 Å². The Bertz CT molecular complexity index is 698. The number of carboxylic acid groups (broad SMARTS) is 1. The van der Waals surface area contributed by atoms with Gasteiger partial charge in [-0.25, -0.2) is 14.4 Å². The number of aliphatic carboxylic acids is 1. The van der Waals surface area contributed by atoms with Gasteiger partial charge in [0.05, 0.1) is 7.11 Å². The molecular formula is C16H26N6O7. The quantitative estimate of drug-likeness (QED) is 0.239. The third kappa shape index (κ3) is 8.90. The molecule has 162 valence electrons. The first-order chi connectivity index (χ1) is 13.5. The number of nitrogens with one attached hydrogen (secondary N) is 4. The first-order valence-corrected chi connectivity index (χ1v) is 8.79. The van der Waals surface area contributed by atoms with E-state index in [1.807, 2.05) is 0 Å². The second-order valence-electron chi connectivity index (χ2n) is 6.92. The molecule has 5 N–H and O–H groups in total. The van der Waals surface area contributed by atoms with E-state index >= 15 is 0 Å². The van der Waals surface area contributed by atoms with Crippen molar-refractivity contribution in [3.8, 4) is 0 Å². The Balaban J connectivity index is 2.32. The predicted molar refractivity (Wildman–Crippen MR) is 101 cm³/mol. The van der Waals surface area contributed by atoms with Gasteiger partial charge in [0.1, 0.15) is 11.6 Å². The molecule has 1 unspecified atom stereocenters. The van der Waals surface area contributed by atoms with E-state index in [9.17, 15) is 24.3 Å². The summed E-state index contributed by atoms with van der Waals surface area (Å²) in [7, 11) is 1.18. The first kappa shape index (κ1) is 23.7. The number of carbonyl (C=O) groups is 4. The third-order valence-electron chi connectivity index (χ3n) is 3.34. The van der Waals surface area contributed by atoms with Gasteiger partial charge in [0, 0.05) is 6.54 Å². The van der Waals surface area contributed by atoms with Crippen molar-refractivity contribution in [1.29, 1.82) is 0 Å². The summed E-state index contributed by atoms with van der Waals surface area (Å²) in [4.78, 5) is 46.1. The number of amidine groups is 2. The number of hydrogen-bond acceptors (Lipinski definition) is 10. The molecule has 0 fully saturated rings. The maximum atomic E-state index is 11.9. The van der Waals surface area contributed by atoms with Gasteiger partial charge in [-0.2, -0.15) is 0 Å². The molecule has 1 aliphatic rings. The summed E-state index contributed by atoms with van der Waals surface area (Å²) in [6.45, 7) is 5.26. The molecule has 29 heavy (non-hydrogen) atoms. The number of methoxy groups -OCH3 is 1. The number of rotatable bonds is 9. The minimum atomic E-state index is -1.17. The van der Waals surface area contributed by atoms with E-state index in [4.69, 9.17) is 4.74 Å². The standard InChI is InChI=1S/C16H26N6O7/c1-16(2,3)29-15(27)18-9(13(24)25)7-5-6-8-17-12(23)10-19-21-11(22-20-10)14(26)28-4/h9H,5-8H2,1-4H3,(H,17,23)(H,18,27)(H,19,20)(H,21,22)(H,24,25). The number of unbranched alkanes of at least 4 members (excludes halogenated alkanes) is 1. The summed E-state index contributed by atoms with van der Waals surface area (Å²) in [6, 6.07) is -1.10. The smallest absolute Gasteiger partial charge is 0.408 e. The summed E-state index contributed by atoms with van der Waals surface area (Å²) < 4.78 is 9.48. The van der Waals surface area contributed by atoms with E-state index in [0.29, 0.717) is 12.8 Å². The van der Waals surface area contributed by atoms with Crippen molar-refractivity contribution in [2.75, 3.05) is 13.7 Å². The molecule has 0 aromatic rings. The third-order valence-corrected chi connectivity index (χ3v) is 3.34. The van der Waals surface area contributed by atoms with Crippen molar-refractivity contribution >= 4 is 35.6 Å². The highest BCUT2D eigenvalue weighted by molar-refractivity contribution is 6.41. The molecule has 0 bridgehead atoms. The van der Waals surface area contributed by atoms with Crippen LogP contribution in [-0.2, 0) is 23.9 Å². The number of hydrazone groups is 2. The van der Waals surface area contributed by atoms with Crippen LogP contribution in [0.1, 0.15) is 40.0 Å². The van der Waals surface area contributed by atoms with E-state index in [1.165, 1.54) is 7.11 Å². The van der Waals surface area contributed by atoms with Crippen LogP contribution in [0.4, 0.5) is 4.79 Å². The van der Waals surface area contributed by atoms with Crippen molar-refractivity contribution < 1.29 is 33.8 Å². The molecule has 2 amide bonds. The molecule has 1 aliphatic heterocycles. The number of amides is 2. The highest BCUT2D eigenvalue weighted by atomic mass is 16.6. The van der Waals surface area contributed by atoms with Gasteiger partial charge >= 0.3 is 18.0 Å². The summed E-state index contributed by atoms with van der Waals surface area (Å²) in [5.74, 6) is -2.82. The number of carbonyl (C=O) groups excluding carboxylic acids is 3. The van der Waals surface area contributed by atoms with Gasteiger partial charge in [-0.3, -0.25) is 15.6 Å². The molecule has 1 rings (SSSR count). The molecule has 1 atom stereocenters. The van der Waals surface area contributed by atoms with Gasteiger partial charge in [-0.05, 0) is 40.0 Å². The Kier molecular flexibility index (Phi) is 8.83. The molecule has 0 radical (unpaired) electrons. The molecule has 0 saturated carbocycles. The molecule has 1 heterocycles. The molecule has 0 spiro atoms. The lowest BCUT2D eigenvalue weighted by Gasteiger charge is -2.22. The largest absolute Gasteiger partial charge is 0.480 e. The minimum absolute atomic E-state index is 0.146. The number of carboxylic acids is 1. The lowest BCUT2D eigenvalue weighted by atomic mass is 10.1. The summed E-state index contributed by atoms with van der Waals surface area (Å²) in [5.41, 5.74) is 3.88. The molecule has 0 aliphatic carbocycles. The minimum Gasteiger partial charge on any atom is -0.480 e. The fourth-order valence-corrected chi connectivity index (χ4v) is 2.02. The highest BCUT2D eigenvalue weighted by Gasteiger charge is 2.24. The van der Waals surface area contributed by atoms with Crippen LogP contribution in [0, 0.1) is 0 Å². The lowest BCUT2D eigenvalue weighted by Crippen LogP contribution is -2.45. The molecule has 13 heteroatoms. The van der Waals surface area contributed by atoms with Crippen LogP contribution < -0.4 is 21.5 Å². The second kappa shape index (κ2) is 10.8.